The second kappa shape index (κ2) is 5.28. The minimum Gasteiger partial charge on any atom is -0.392 e. The fraction of sp³-hybridized carbons (Fsp3) is 1.00. The molecule has 0 aromatic carbocycles. The van der Waals surface area contributed by atoms with Crippen molar-refractivity contribution in [2.45, 2.75) is 56.7 Å². The van der Waals surface area contributed by atoms with Gasteiger partial charge in [0.1, 0.15) is 0 Å². The topological polar surface area (TPSA) is 35.5 Å². The van der Waals surface area contributed by atoms with Gasteiger partial charge in [-0.1, -0.05) is 12.8 Å². The minimum absolute atomic E-state index is 0.106. The Balaban J connectivity index is 1.59. The van der Waals surface area contributed by atoms with Gasteiger partial charge in [-0.05, 0) is 32.7 Å². The van der Waals surface area contributed by atoms with Gasteiger partial charge in [-0.25, -0.2) is 0 Å². The molecule has 2 aliphatic rings. The zero-order chi connectivity index (χ0) is 10.7. The van der Waals surface area contributed by atoms with E-state index in [2.05, 4.69) is 17.3 Å². The summed E-state index contributed by atoms with van der Waals surface area (Å²) in [4.78, 5) is 2.43. The van der Waals surface area contributed by atoms with Crippen molar-refractivity contribution >= 4 is 0 Å². The summed E-state index contributed by atoms with van der Waals surface area (Å²) in [5.41, 5.74) is 0. The monoisotopic (exact) mass is 212 g/mol. The molecule has 2 rings (SSSR count). The van der Waals surface area contributed by atoms with Crippen LogP contribution in [0.2, 0.25) is 0 Å². The van der Waals surface area contributed by atoms with E-state index in [1.54, 1.807) is 0 Å². The molecule has 2 fully saturated rings. The van der Waals surface area contributed by atoms with Crippen LogP contribution >= 0.6 is 0 Å². The molecule has 3 nitrogen and oxygen atoms in total. The minimum atomic E-state index is -0.106. The third-order valence-corrected chi connectivity index (χ3v) is 3.77. The van der Waals surface area contributed by atoms with Crippen molar-refractivity contribution in [1.29, 1.82) is 0 Å². The van der Waals surface area contributed by atoms with Crippen molar-refractivity contribution in [3.8, 4) is 0 Å². The standard InChI is InChI=1S/C12H24N2O/c1-14(10-6-7-10)9-8-13-11-4-2-3-5-12(11)15/h10-13,15H,2-9H2,1H3. The van der Waals surface area contributed by atoms with E-state index >= 15 is 0 Å². The molecule has 0 spiro atoms. The Hall–Kier alpha value is -0.120. The van der Waals surface area contributed by atoms with Crippen LogP contribution in [0.1, 0.15) is 38.5 Å². The third-order valence-electron chi connectivity index (χ3n) is 3.77. The van der Waals surface area contributed by atoms with Crippen LogP contribution in [0.5, 0.6) is 0 Å². The quantitative estimate of drug-likeness (QED) is 0.713. The summed E-state index contributed by atoms with van der Waals surface area (Å²) in [5.74, 6) is 0. The van der Waals surface area contributed by atoms with E-state index in [1.807, 2.05) is 0 Å². The van der Waals surface area contributed by atoms with Crippen molar-refractivity contribution in [3.05, 3.63) is 0 Å². The highest BCUT2D eigenvalue weighted by molar-refractivity contribution is 4.84. The number of aliphatic hydroxyl groups is 1. The van der Waals surface area contributed by atoms with Crippen LogP contribution in [-0.4, -0.2) is 48.3 Å². The van der Waals surface area contributed by atoms with Crippen molar-refractivity contribution in [3.63, 3.8) is 0 Å². The van der Waals surface area contributed by atoms with Gasteiger partial charge in [0.25, 0.3) is 0 Å². The molecule has 0 radical (unpaired) electrons. The van der Waals surface area contributed by atoms with Crippen molar-refractivity contribution in [1.82, 2.24) is 10.2 Å². The summed E-state index contributed by atoms with van der Waals surface area (Å²) in [6.45, 7) is 2.14. The van der Waals surface area contributed by atoms with E-state index in [0.29, 0.717) is 6.04 Å². The van der Waals surface area contributed by atoms with Crippen LogP contribution in [0.4, 0.5) is 0 Å². The van der Waals surface area contributed by atoms with Gasteiger partial charge in [-0.3, -0.25) is 0 Å². The van der Waals surface area contributed by atoms with Crippen LogP contribution in [0, 0.1) is 0 Å². The fourth-order valence-electron chi connectivity index (χ4n) is 2.47. The van der Waals surface area contributed by atoms with E-state index in [4.69, 9.17) is 0 Å². The van der Waals surface area contributed by atoms with Crippen LogP contribution in [-0.2, 0) is 0 Å². The van der Waals surface area contributed by atoms with E-state index in [9.17, 15) is 5.11 Å². The van der Waals surface area contributed by atoms with E-state index in [-0.39, 0.29) is 6.10 Å². The molecule has 0 aliphatic heterocycles. The number of hydrogen-bond acceptors (Lipinski definition) is 3. The summed E-state index contributed by atoms with van der Waals surface area (Å²) < 4.78 is 0. The number of aliphatic hydroxyl groups excluding tert-OH is 1. The van der Waals surface area contributed by atoms with E-state index in [0.717, 1.165) is 32.0 Å². The van der Waals surface area contributed by atoms with Gasteiger partial charge in [0, 0.05) is 25.2 Å². The van der Waals surface area contributed by atoms with Crippen molar-refractivity contribution in [2.75, 3.05) is 20.1 Å². The predicted molar refractivity (Wildman–Crippen MR) is 61.9 cm³/mol. The molecule has 0 aromatic rings. The Kier molecular flexibility index (Phi) is 4.00. The zero-order valence-electron chi connectivity index (χ0n) is 9.78. The Bertz CT molecular complexity index is 194. The number of hydrogen-bond donors (Lipinski definition) is 2. The smallest absolute Gasteiger partial charge is 0.0693 e. The van der Waals surface area contributed by atoms with Gasteiger partial charge < -0.3 is 15.3 Å². The fourth-order valence-corrected chi connectivity index (χ4v) is 2.47. The van der Waals surface area contributed by atoms with E-state index in [1.165, 1.54) is 25.7 Å². The largest absolute Gasteiger partial charge is 0.392 e. The lowest BCUT2D eigenvalue weighted by Crippen LogP contribution is -2.44. The Labute approximate surface area is 92.8 Å². The highest BCUT2D eigenvalue weighted by Crippen LogP contribution is 2.24. The highest BCUT2D eigenvalue weighted by atomic mass is 16.3. The summed E-state index contributed by atoms with van der Waals surface area (Å²) in [5, 5.41) is 13.3. The second-order valence-electron chi connectivity index (χ2n) is 5.12. The van der Waals surface area contributed by atoms with Crippen LogP contribution in [0.25, 0.3) is 0 Å². The maximum atomic E-state index is 9.78. The summed E-state index contributed by atoms with van der Waals surface area (Å²) in [6, 6.07) is 1.20. The molecule has 2 N–H and O–H groups in total. The lowest BCUT2D eigenvalue weighted by Gasteiger charge is -2.29. The zero-order valence-corrected chi connectivity index (χ0v) is 9.78. The normalized spacial score (nSPS) is 32.2. The van der Waals surface area contributed by atoms with E-state index < -0.39 is 0 Å². The Morgan fingerprint density at radius 2 is 1.93 bits per heavy atom. The van der Waals surface area contributed by atoms with Gasteiger partial charge in [-0.15, -0.1) is 0 Å². The summed E-state index contributed by atoms with van der Waals surface area (Å²) in [7, 11) is 2.21. The molecule has 2 atom stereocenters. The average Bonchev–Trinajstić information content (AvgIpc) is 3.04. The molecule has 15 heavy (non-hydrogen) atoms. The molecule has 2 unspecified atom stereocenters. The molecule has 2 saturated carbocycles. The van der Waals surface area contributed by atoms with Gasteiger partial charge in [-0.2, -0.15) is 0 Å². The van der Waals surface area contributed by atoms with Crippen LogP contribution in [0.15, 0.2) is 0 Å². The molecule has 0 heterocycles. The maximum Gasteiger partial charge on any atom is 0.0693 e. The third kappa shape index (κ3) is 3.44. The maximum absolute atomic E-state index is 9.78. The first-order valence-electron chi connectivity index (χ1n) is 6.39. The van der Waals surface area contributed by atoms with Crippen molar-refractivity contribution in [2.24, 2.45) is 0 Å². The summed E-state index contributed by atoms with van der Waals surface area (Å²) in [6.07, 6.45) is 7.24. The number of likely N-dealkylation sites (N-methyl/N-ethyl adjacent to an activating group) is 1. The molecule has 0 aromatic heterocycles. The van der Waals surface area contributed by atoms with Crippen molar-refractivity contribution < 1.29 is 5.11 Å². The van der Waals surface area contributed by atoms with Crippen LogP contribution < -0.4 is 5.32 Å². The second-order valence-corrected chi connectivity index (χ2v) is 5.12. The van der Waals surface area contributed by atoms with Gasteiger partial charge in [0.05, 0.1) is 6.10 Å². The van der Waals surface area contributed by atoms with Gasteiger partial charge in [0.15, 0.2) is 0 Å². The molecule has 2 aliphatic carbocycles. The number of nitrogens with zero attached hydrogens (tertiary/aromatic N) is 1. The lowest BCUT2D eigenvalue weighted by molar-refractivity contribution is 0.0897. The molecule has 3 heteroatoms. The SMILES string of the molecule is CN(CCNC1CCCCC1O)C1CC1. The molecular formula is C12H24N2O. The number of rotatable bonds is 5. The molecular weight excluding hydrogens is 188 g/mol. The first kappa shape index (κ1) is 11.4. The lowest BCUT2D eigenvalue weighted by atomic mass is 9.93. The average molecular weight is 212 g/mol. The van der Waals surface area contributed by atoms with Crippen LogP contribution in [0.3, 0.4) is 0 Å². The molecule has 0 amide bonds. The first-order valence-corrected chi connectivity index (χ1v) is 6.39. The molecule has 0 bridgehead atoms. The first-order chi connectivity index (χ1) is 7.27. The highest BCUT2D eigenvalue weighted by Gasteiger charge is 2.26. The molecule has 0 saturated heterocycles. The summed E-state index contributed by atoms with van der Waals surface area (Å²) >= 11 is 0. The van der Waals surface area contributed by atoms with Gasteiger partial charge in [0.2, 0.25) is 0 Å². The predicted octanol–water partition coefficient (Wildman–Crippen LogP) is 0.974. The Morgan fingerprint density at radius 1 is 1.20 bits per heavy atom. The Morgan fingerprint density at radius 3 is 2.60 bits per heavy atom. The molecule has 88 valence electrons. The number of nitrogens with one attached hydrogen (secondary N) is 1. The van der Waals surface area contributed by atoms with Gasteiger partial charge >= 0.3 is 0 Å².